The highest BCUT2D eigenvalue weighted by Crippen LogP contribution is 2.29. The Bertz CT molecular complexity index is 844. The first kappa shape index (κ1) is 17.2. The van der Waals surface area contributed by atoms with E-state index in [4.69, 9.17) is 11.6 Å². The molecular formula is C19H20ClN5. The molecule has 0 saturated carbocycles. The van der Waals surface area contributed by atoms with Crippen LogP contribution in [-0.4, -0.2) is 22.2 Å². The molecule has 6 heteroatoms. The summed E-state index contributed by atoms with van der Waals surface area (Å²) in [6, 6.07) is 14.2. The standard InChI is InChI=1S/C19H20ClN5/c1-13-9-14(2)18(16(20)10-13)23-19-22-17(11-21-24-19)25(3)12-15-7-5-4-6-8-15/h4-11H,12H2,1-3H3,(H,22,23,24). The van der Waals surface area contributed by atoms with Gasteiger partial charge in [-0.1, -0.05) is 48.0 Å². The van der Waals surface area contributed by atoms with Gasteiger partial charge in [0.2, 0.25) is 5.95 Å². The molecule has 0 unspecified atom stereocenters. The van der Waals surface area contributed by atoms with Crippen molar-refractivity contribution in [2.75, 3.05) is 17.3 Å². The van der Waals surface area contributed by atoms with E-state index in [1.54, 1.807) is 6.20 Å². The van der Waals surface area contributed by atoms with Crippen molar-refractivity contribution in [2.24, 2.45) is 0 Å². The second-order valence-electron chi connectivity index (χ2n) is 6.04. The second kappa shape index (κ2) is 7.49. The minimum Gasteiger partial charge on any atom is -0.354 e. The third-order valence-electron chi connectivity index (χ3n) is 3.87. The van der Waals surface area contributed by atoms with Gasteiger partial charge in [0.15, 0.2) is 5.82 Å². The molecule has 0 aliphatic heterocycles. The average molecular weight is 354 g/mol. The summed E-state index contributed by atoms with van der Waals surface area (Å²) in [7, 11) is 1.98. The Morgan fingerprint density at radius 3 is 2.60 bits per heavy atom. The third-order valence-corrected chi connectivity index (χ3v) is 4.17. The van der Waals surface area contributed by atoms with Crippen molar-refractivity contribution in [1.29, 1.82) is 0 Å². The Hall–Kier alpha value is -2.66. The van der Waals surface area contributed by atoms with Crippen LogP contribution in [0.15, 0.2) is 48.7 Å². The van der Waals surface area contributed by atoms with Crippen LogP contribution in [0.1, 0.15) is 16.7 Å². The molecule has 5 nitrogen and oxygen atoms in total. The van der Waals surface area contributed by atoms with E-state index in [9.17, 15) is 0 Å². The minimum absolute atomic E-state index is 0.422. The van der Waals surface area contributed by atoms with E-state index < -0.39 is 0 Å². The van der Waals surface area contributed by atoms with Gasteiger partial charge in [0.1, 0.15) is 0 Å². The average Bonchev–Trinajstić information content (AvgIpc) is 2.59. The largest absolute Gasteiger partial charge is 0.354 e. The van der Waals surface area contributed by atoms with Gasteiger partial charge < -0.3 is 10.2 Å². The highest BCUT2D eigenvalue weighted by molar-refractivity contribution is 6.33. The number of aryl methyl sites for hydroxylation is 2. The van der Waals surface area contributed by atoms with Gasteiger partial charge in [-0.25, -0.2) is 0 Å². The van der Waals surface area contributed by atoms with Crippen molar-refractivity contribution in [1.82, 2.24) is 15.2 Å². The molecule has 1 heterocycles. The first-order valence-corrected chi connectivity index (χ1v) is 8.39. The number of nitrogens with zero attached hydrogens (tertiary/aromatic N) is 4. The van der Waals surface area contributed by atoms with Gasteiger partial charge in [-0.15, -0.1) is 5.10 Å². The topological polar surface area (TPSA) is 53.9 Å². The molecule has 128 valence electrons. The zero-order valence-corrected chi connectivity index (χ0v) is 15.2. The van der Waals surface area contributed by atoms with Crippen molar-refractivity contribution in [3.05, 3.63) is 70.4 Å². The van der Waals surface area contributed by atoms with E-state index in [-0.39, 0.29) is 0 Å². The molecule has 0 radical (unpaired) electrons. The van der Waals surface area contributed by atoms with Crippen molar-refractivity contribution in [3.8, 4) is 0 Å². The molecule has 0 bridgehead atoms. The molecule has 0 spiro atoms. The summed E-state index contributed by atoms with van der Waals surface area (Å²) in [4.78, 5) is 6.58. The molecule has 3 aromatic rings. The number of rotatable bonds is 5. The molecule has 2 aromatic carbocycles. The van der Waals surface area contributed by atoms with Crippen LogP contribution in [0.5, 0.6) is 0 Å². The lowest BCUT2D eigenvalue weighted by Crippen LogP contribution is -2.18. The summed E-state index contributed by atoms with van der Waals surface area (Å²) < 4.78 is 0. The fourth-order valence-corrected chi connectivity index (χ4v) is 3.02. The Balaban J connectivity index is 1.80. The fraction of sp³-hybridized carbons (Fsp3) is 0.211. The molecule has 0 fully saturated rings. The minimum atomic E-state index is 0.422. The lowest BCUT2D eigenvalue weighted by molar-refractivity contribution is 0.866. The van der Waals surface area contributed by atoms with Crippen LogP contribution in [-0.2, 0) is 6.54 Å². The first-order chi connectivity index (χ1) is 12.0. The SMILES string of the molecule is Cc1cc(C)c(Nc2nncc(N(C)Cc3ccccc3)n2)c(Cl)c1. The van der Waals surface area contributed by atoms with Crippen LogP contribution in [0.3, 0.4) is 0 Å². The van der Waals surface area contributed by atoms with Crippen LogP contribution in [0, 0.1) is 13.8 Å². The summed E-state index contributed by atoms with van der Waals surface area (Å²) in [6.07, 6.45) is 1.65. The predicted molar refractivity (Wildman–Crippen MR) is 103 cm³/mol. The van der Waals surface area contributed by atoms with Gasteiger partial charge in [-0.05, 0) is 36.6 Å². The predicted octanol–water partition coefficient (Wildman–Crippen LogP) is 4.52. The normalized spacial score (nSPS) is 10.6. The maximum atomic E-state index is 6.35. The molecule has 0 aliphatic rings. The Kier molecular flexibility index (Phi) is 5.14. The summed E-state index contributed by atoms with van der Waals surface area (Å²) in [6.45, 7) is 4.75. The van der Waals surface area contributed by atoms with Crippen LogP contribution < -0.4 is 10.2 Å². The first-order valence-electron chi connectivity index (χ1n) is 8.01. The number of benzene rings is 2. The molecule has 0 saturated heterocycles. The number of halogens is 1. The van der Waals surface area contributed by atoms with Crippen LogP contribution >= 0.6 is 11.6 Å². The summed E-state index contributed by atoms with van der Waals surface area (Å²) in [5, 5.41) is 12.0. The number of nitrogens with one attached hydrogen (secondary N) is 1. The van der Waals surface area contributed by atoms with Crippen LogP contribution in [0.4, 0.5) is 17.5 Å². The van der Waals surface area contributed by atoms with Gasteiger partial charge in [-0.3, -0.25) is 0 Å². The lowest BCUT2D eigenvalue weighted by Gasteiger charge is -2.18. The van der Waals surface area contributed by atoms with Gasteiger partial charge in [0.05, 0.1) is 16.9 Å². The molecule has 0 atom stereocenters. The van der Waals surface area contributed by atoms with E-state index in [2.05, 4.69) is 38.7 Å². The number of hydrogen-bond donors (Lipinski definition) is 1. The number of aromatic nitrogens is 3. The van der Waals surface area contributed by atoms with Crippen molar-refractivity contribution < 1.29 is 0 Å². The van der Waals surface area contributed by atoms with Gasteiger partial charge in [0.25, 0.3) is 0 Å². The smallest absolute Gasteiger partial charge is 0.249 e. The van der Waals surface area contributed by atoms with Gasteiger partial charge in [-0.2, -0.15) is 10.1 Å². The Labute approximate surface area is 152 Å². The van der Waals surface area contributed by atoms with Crippen molar-refractivity contribution in [3.63, 3.8) is 0 Å². The molecule has 0 amide bonds. The van der Waals surface area contributed by atoms with E-state index in [1.807, 2.05) is 50.1 Å². The Morgan fingerprint density at radius 2 is 1.88 bits per heavy atom. The van der Waals surface area contributed by atoms with E-state index in [0.717, 1.165) is 29.2 Å². The van der Waals surface area contributed by atoms with E-state index in [0.29, 0.717) is 11.0 Å². The molecule has 1 aromatic heterocycles. The summed E-state index contributed by atoms with van der Waals surface area (Å²) in [5.74, 6) is 1.16. The van der Waals surface area contributed by atoms with Crippen molar-refractivity contribution in [2.45, 2.75) is 20.4 Å². The highest BCUT2D eigenvalue weighted by Gasteiger charge is 2.10. The molecule has 3 rings (SSSR count). The zero-order chi connectivity index (χ0) is 17.8. The van der Waals surface area contributed by atoms with Crippen molar-refractivity contribution >= 4 is 29.1 Å². The zero-order valence-electron chi connectivity index (χ0n) is 14.5. The van der Waals surface area contributed by atoms with Gasteiger partial charge >= 0.3 is 0 Å². The number of anilines is 3. The Morgan fingerprint density at radius 1 is 1.12 bits per heavy atom. The molecule has 25 heavy (non-hydrogen) atoms. The highest BCUT2D eigenvalue weighted by atomic mass is 35.5. The number of hydrogen-bond acceptors (Lipinski definition) is 5. The quantitative estimate of drug-likeness (QED) is 0.730. The van der Waals surface area contributed by atoms with Crippen LogP contribution in [0.25, 0.3) is 0 Å². The summed E-state index contributed by atoms with van der Waals surface area (Å²) in [5.41, 5.74) is 4.16. The van der Waals surface area contributed by atoms with Crippen LogP contribution in [0.2, 0.25) is 5.02 Å². The fourth-order valence-electron chi connectivity index (χ4n) is 2.66. The summed E-state index contributed by atoms with van der Waals surface area (Å²) >= 11 is 6.35. The van der Waals surface area contributed by atoms with E-state index in [1.165, 1.54) is 5.56 Å². The van der Waals surface area contributed by atoms with E-state index >= 15 is 0 Å². The molecular weight excluding hydrogens is 334 g/mol. The van der Waals surface area contributed by atoms with Gasteiger partial charge in [0, 0.05) is 13.6 Å². The maximum Gasteiger partial charge on any atom is 0.249 e. The monoisotopic (exact) mass is 353 g/mol. The molecule has 1 N–H and O–H groups in total. The second-order valence-corrected chi connectivity index (χ2v) is 6.45. The third kappa shape index (κ3) is 4.25. The molecule has 0 aliphatic carbocycles. The maximum absolute atomic E-state index is 6.35. The lowest BCUT2D eigenvalue weighted by atomic mass is 10.1.